The van der Waals surface area contributed by atoms with E-state index in [0.717, 1.165) is 6.92 Å². The van der Waals surface area contributed by atoms with Crippen LogP contribution in [0.1, 0.15) is 12.5 Å². The number of rotatable bonds is 3. The van der Waals surface area contributed by atoms with E-state index in [4.69, 9.17) is 5.11 Å². The second kappa shape index (κ2) is 5.55. The Bertz CT molecular complexity index is 521. The molecule has 0 aromatic heterocycles. The van der Waals surface area contributed by atoms with E-state index in [1.54, 1.807) is 11.4 Å². The third-order valence-corrected chi connectivity index (χ3v) is 2.25. The molecule has 0 bridgehead atoms. The number of carbonyl (C=O) groups is 2. The van der Waals surface area contributed by atoms with Crippen LogP contribution in [0.25, 0.3) is 5.70 Å². The first-order chi connectivity index (χ1) is 8.73. The molecule has 2 N–H and O–H groups in total. The first kappa shape index (κ1) is 14.7. The number of alkyl halides is 3. The van der Waals surface area contributed by atoms with Gasteiger partial charge in [-0.15, -0.1) is 0 Å². The smallest absolute Gasteiger partial charge is 0.471 e. The number of carboxylic acid groups (broad SMARTS) is 1. The molecule has 1 aromatic carbocycles. The first-order valence-corrected chi connectivity index (χ1v) is 5.11. The number of benzene rings is 1. The van der Waals surface area contributed by atoms with Gasteiger partial charge in [0, 0.05) is 0 Å². The predicted molar refractivity (Wildman–Crippen MR) is 60.9 cm³/mol. The van der Waals surface area contributed by atoms with Crippen LogP contribution in [0.2, 0.25) is 0 Å². The van der Waals surface area contributed by atoms with E-state index < -0.39 is 18.1 Å². The average molecular weight is 273 g/mol. The third-order valence-electron chi connectivity index (χ3n) is 2.25. The Labute approximate surface area is 106 Å². The zero-order valence-electron chi connectivity index (χ0n) is 9.78. The van der Waals surface area contributed by atoms with Crippen LogP contribution in [0.3, 0.4) is 0 Å². The van der Waals surface area contributed by atoms with Gasteiger partial charge in [-0.1, -0.05) is 30.3 Å². The third kappa shape index (κ3) is 3.84. The summed E-state index contributed by atoms with van der Waals surface area (Å²) in [5, 5.41) is 10.4. The molecular weight excluding hydrogens is 263 g/mol. The Morgan fingerprint density at radius 3 is 2.11 bits per heavy atom. The lowest BCUT2D eigenvalue weighted by Gasteiger charge is -2.13. The van der Waals surface area contributed by atoms with Crippen LogP contribution in [0.4, 0.5) is 13.2 Å². The number of halogens is 3. The van der Waals surface area contributed by atoms with Gasteiger partial charge in [0.25, 0.3) is 0 Å². The second-order valence-corrected chi connectivity index (χ2v) is 3.62. The van der Waals surface area contributed by atoms with Crippen molar-refractivity contribution in [2.75, 3.05) is 0 Å². The lowest BCUT2D eigenvalue weighted by Crippen LogP contribution is -2.36. The van der Waals surface area contributed by atoms with Gasteiger partial charge in [0.15, 0.2) is 0 Å². The Hall–Kier alpha value is -2.31. The van der Waals surface area contributed by atoms with Crippen LogP contribution in [-0.4, -0.2) is 23.2 Å². The Balaban J connectivity index is 3.21. The van der Waals surface area contributed by atoms with Crippen molar-refractivity contribution in [2.24, 2.45) is 0 Å². The molecular formula is C12H10F3NO3. The molecule has 1 aromatic rings. The minimum absolute atomic E-state index is 0.181. The van der Waals surface area contributed by atoms with Crippen molar-refractivity contribution >= 4 is 17.6 Å². The molecule has 0 heterocycles. The second-order valence-electron chi connectivity index (χ2n) is 3.62. The Kier molecular flexibility index (Phi) is 4.31. The van der Waals surface area contributed by atoms with E-state index in [2.05, 4.69) is 0 Å². The predicted octanol–water partition coefficient (Wildman–Crippen LogP) is 2.18. The number of amides is 1. The molecule has 1 amide bonds. The maximum Gasteiger partial charge on any atom is 0.471 e. The summed E-state index contributed by atoms with van der Waals surface area (Å²) in [5.41, 5.74) is -0.584. The molecule has 4 nitrogen and oxygen atoms in total. The van der Waals surface area contributed by atoms with Gasteiger partial charge < -0.3 is 10.4 Å². The van der Waals surface area contributed by atoms with Gasteiger partial charge in [-0.05, 0) is 12.5 Å². The van der Waals surface area contributed by atoms with Crippen molar-refractivity contribution in [1.29, 1.82) is 0 Å². The van der Waals surface area contributed by atoms with Crippen LogP contribution in [0, 0.1) is 0 Å². The van der Waals surface area contributed by atoms with E-state index in [0.29, 0.717) is 0 Å². The highest BCUT2D eigenvalue weighted by Crippen LogP contribution is 2.20. The first-order valence-electron chi connectivity index (χ1n) is 5.11. The van der Waals surface area contributed by atoms with Crippen molar-refractivity contribution in [3.05, 3.63) is 41.5 Å². The van der Waals surface area contributed by atoms with Crippen LogP contribution in [0.5, 0.6) is 0 Å². The van der Waals surface area contributed by atoms with Crippen LogP contribution >= 0.6 is 0 Å². The summed E-state index contributed by atoms with van der Waals surface area (Å²) in [6.07, 6.45) is -5.08. The molecule has 102 valence electrons. The van der Waals surface area contributed by atoms with Gasteiger partial charge in [-0.2, -0.15) is 13.2 Å². The highest BCUT2D eigenvalue weighted by atomic mass is 19.4. The Morgan fingerprint density at radius 2 is 1.68 bits per heavy atom. The summed E-state index contributed by atoms with van der Waals surface area (Å²) >= 11 is 0. The van der Waals surface area contributed by atoms with Crippen LogP contribution < -0.4 is 5.32 Å². The molecule has 0 fully saturated rings. The number of hydrogen-bond donors (Lipinski definition) is 2. The minimum atomic E-state index is -5.08. The molecule has 1 rings (SSSR count). The highest BCUT2D eigenvalue weighted by Gasteiger charge is 2.39. The van der Waals surface area contributed by atoms with Crippen molar-refractivity contribution < 1.29 is 27.9 Å². The quantitative estimate of drug-likeness (QED) is 0.829. The molecule has 0 saturated carbocycles. The van der Waals surface area contributed by atoms with E-state index >= 15 is 0 Å². The molecule has 7 heteroatoms. The van der Waals surface area contributed by atoms with E-state index in [-0.39, 0.29) is 16.8 Å². The van der Waals surface area contributed by atoms with E-state index in [9.17, 15) is 22.8 Å². The average Bonchev–Trinajstić information content (AvgIpc) is 2.34. The molecule has 0 radical (unpaired) electrons. The van der Waals surface area contributed by atoms with Gasteiger partial charge in [0.2, 0.25) is 0 Å². The standard InChI is InChI=1S/C12H10F3NO3/c1-7(10(17)18)9(8-5-3-2-4-6-8)16-11(19)12(13,14)15/h2-6H,1H3,(H,16,19)(H,17,18)/b9-7-. The van der Waals surface area contributed by atoms with Gasteiger partial charge in [0.1, 0.15) is 0 Å². The van der Waals surface area contributed by atoms with Crippen LogP contribution in [0.15, 0.2) is 35.9 Å². The van der Waals surface area contributed by atoms with Crippen molar-refractivity contribution in [1.82, 2.24) is 5.32 Å². The molecule has 0 aliphatic rings. The molecule has 0 atom stereocenters. The number of nitrogens with one attached hydrogen (secondary N) is 1. The Morgan fingerprint density at radius 1 is 1.16 bits per heavy atom. The number of carbonyl (C=O) groups excluding carboxylic acids is 1. The number of carboxylic acids is 1. The summed E-state index contributed by atoms with van der Waals surface area (Å²) in [6, 6.07) is 7.45. The van der Waals surface area contributed by atoms with Crippen LogP contribution in [-0.2, 0) is 9.59 Å². The lowest BCUT2D eigenvalue weighted by atomic mass is 10.1. The molecule has 0 aliphatic heterocycles. The summed E-state index contributed by atoms with van der Waals surface area (Å²) in [6.45, 7) is 1.11. The molecule has 19 heavy (non-hydrogen) atoms. The van der Waals surface area contributed by atoms with Crippen molar-refractivity contribution in [3.8, 4) is 0 Å². The van der Waals surface area contributed by atoms with E-state index in [1.165, 1.54) is 24.3 Å². The fourth-order valence-corrected chi connectivity index (χ4v) is 1.28. The SMILES string of the molecule is C/C(C(=O)O)=C(/NC(=O)C(F)(F)F)c1ccccc1. The van der Waals surface area contributed by atoms with Gasteiger partial charge >= 0.3 is 18.1 Å². The van der Waals surface area contributed by atoms with Gasteiger partial charge in [-0.25, -0.2) is 4.79 Å². The zero-order valence-corrected chi connectivity index (χ0v) is 9.78. The summed E-state index contributed by atoms with van der Waals surface area (Å²) in [4.78, 5) is 21.8. The zero-order chi connectivity index (χ0) is 14.6. The largest absolute Gasteiger partial charge is 0.478 e. The minimum Gasteiger partial charge on any atom is -0.478 e. The topological polar surface area (TPSA) is 66.4 Å². The normalized spacial score (nSPS) is 12.6. The maximum atomic E-state index is 12.2. The maximum absolute atomic E-state index is 12.2. The number of hydrogen-bond acceptors (Lipinski definition) is 2. The fraction of sp³-hybridized carbons (Fsp3) is 0.167. The van der Waals surface area contributed by atoms with Gasteiger partial charge in [0.05, 0.1) is 11.3 Å². The van der Waals surface area contributed by atoms with Gasteiger partial charge in [-0.3, -0.25) is 4.79 Å². The molecule has 0 aliphatic carbocycles. The summed E-state index contributed by atoms with van der Waals surface area (Å²) in [7, 11) is 0. The highest BCUT2D eigenvalue weighted by molar-refractivity contribution is 6.00. The van der Waals surface area contributed by atoms with Crippen molar-refractivity contribution in [2.45, 2.75) is 13.1 Å². The van der Waals surface area contributed by atoms with E-state index in [1.807, 2.05) is 0 Å². The number of aliphatic carboxylic acids is 1. The lowest BCUT2D eigenvalue weighted by molar-refractivity contribution is -0.172. The molecule has 0 saturated heterocycles. The molecule has 0 spiro atoms. The summed E-state index contributed by atoms with van der Waals surface area (Å²) < 4.78 is 36.6. The monoisotopic (exact) mass is 273 g/mol. The summed E-state index contributed by atoms with van der Waals surface area (Å²) in [5.74, 6) is -3.63. The molecule has 0 unspecified atom stereocenters. The van der Waals surface area contributed by atoms with Crippen molar-refractivity contribution in [3.63, 3.8) is 0 Å². The fourth-order valence-electron chi connectivity index (χ4n) is 1.28.